The monoisotopic (exact) mass is 884 g/mol. The van der Waals surface area contributed by atoms with Crippen molar-refractivity contribution in [3.63, 3.8) is 0 Å². The average molecular weight is 885 g/mol. The number of aryl methyl sites for hydroxylation is 6. The third-order valence-corrected chi connectivity index (χ3v) is 15.3. The van der Waals surface area contributed by atoms with Crippen molar-refractivity contribution in [3.05, 3.63) is 262 Å². The smallest absolute Gasteiger partial charge is 0.0737 e. The van der Waals surface area contributed by atoms with Crippen molar-refractivity contribution in [3.8, 4) is 22.3 Å². The van der Waals surface area contributed by atoms with Gasteiger partial charge >= 0.3 is 0 Å². The molecule has 11 aromatic carbocycles. The second kappa shape index (κ2) is 15.4. The third-order valence-electron chi connectivity index (χ3n) is 15.3. The molecule has 2 heteroatoms. The Hall–Kier alpha value is -8.20. The standard InChI is InChI=1S/C67H52N2/c1-41-25-31-47(32-26-41)68(61-37-43(3)23-29-45(61)5)49-35-36-56-57(39-49)50-15-7-9-19-54(50)64-58-40-63(69(48-33-27-42(2)28-34-48)62-38-44(4)24-30-46(62)6)53-18-8-10-20-55(53)65(58)67(66(56)64)59-21-13-11-16-51(59)52-17-12-14-22-60(52)67/h7-40H,1-6H3. The molecule has 0 unspecified atom stereocenters. The quantitative estimate of drug-likeness (QED) is 0.154. The van der Waals surface area contributed by atoms with Gasteiger partial charge in [0.25, 0.3) is 0 Å². The van der Waals surface area contributed by atoms with Crippen molar-refractivity contribution in [2.45, 2.75) is 47.0 Å². The van der Waals surface area contributed by atoms with Crippen LogP contribution < -0.4 is 9.80 Å². The normalized spacial score (nSPS) is 12.9. The van der Waals surface area contributed by atoms with Gasteiger partial charge in [0.1, 0.15) is 0 Å². The molecular weight excluding hydrogens is 833 g/mol. The molecule has 0 saturated carbocycles. The first-order valence-corrected chi connectivity index (χ1v) is 24.3. The van der Waals surface area contributed by atoms with E-state index in [0.717, 1.165) is 17.1 Å². The molecule has 0 amide bonds. The molecule has 0 N–H and O–H groups in total. The minimum Gasteiger partial charge on any atom is -0.310 e. The van der Waals surface area contributed by atoms with E-state index < -0.39 is 5.41 Å². The lowest BCUT2D eigenvalue weighted by Crippen LogP contribution is -2.27. The van der Waals surface area contributed by atoms with E-state index in [4.69, 9.17) is 0 Å². The first kappa shape index (κ1) is 41.0. The average Bonchev–Trinajstić information content (AvgIpc) is 3.85. The third kappa shape index (κ3) is 5.98. The van der Waals surface area contributed by atoms with Crippen LogP contribution in [0.15, 0.2) is 206 Å². The van der Waals surface area contributed by atoms with Gasteiger partial charge < -0.3 is 9.80 Å². The molecule has 13 rings (SSSR count). The van der Waals surface area contributed by atoms with Crippen LogP contribution in [0, 0.1) is 41.5 Å². The first-order valence-electron chi connectivity index (χ1n) is 24.3. The lowest BCUT2D eigenvalue weighted by atomic mass is 9.68. The van der Waals surface area contributed by atoms with Gasteiger partial charge in [0.2, 0.25) is 0 Å². The Balaban J connectivity index is 1.20. The molecule has 0 heterocycles. The molecule has 2 aliphatic rings. The van der Waals surface area contributed by atoms with Gasteiger partial charge in [-0.25, -0.2) is 0 Å². The van der Waals surface area contributed by atoms with Crippen molar-refractivity contribution in [2.75, 3.05) is 9.80 Å². The second-order valence-electron chi connectivity index (χ2n) is 19.7. The zero-order chi connectivity index (χ0) is 46.7. The van der Waals surface area contributed by atoms with E-state index in [0.29, 0.717) is 0 Å². The maximum Gasteiger partial charge on any atom is 0.0737 e. The van der Waals surface area contributed by atoms with E-state index in [2.05, 4.69) is 258 Å². The molecule has 0 atom stereocenters. The Morgan fingerprint density at radius 2 is 0.754 bits per heavy atom. The van der Waals surface area contributed by atoms with Gasteiger partial charge in [-0.05, 0) is 190 Å². The SMILES string of the molecule is Cc1ccc(N(c2ccc3c4c(c5ccccc5c3c2)-c2cc(N(c3ccc(C)cc3)c3cc(C)ccc3C)c3ccccc3c2C42c3ccccc3-c3ccccc32)c2cc(C)ccc2C)cc1. The molecule has 2 aliphatic carbocycles. The predicted octanol–water partition coefficient (Wildman–Crippen LogP) is 18.3. The Bertz CT molecular complexity index is 3870. The molecule has 11 aromatic rings. The highest BCUT2D eigenvalue weighted by atomic mass is 15.2. The Labute approximate surface area is 405 Å². The van der Waals surface area contributed by atoms with Crippen molar-refractivity contribution < 1.29 is 0 Å². The van der Waals surface area contributed by atoms with Crippen LogP contribution in [0.3, 0.4) is 0 Å². The van der Waals surface area contributed by atoms with Gasteiger partial charge in [0, 0.05) is 33.8 Å². The van der Waals surface area contributed by atoms with Gasteiger partial charge in [0.05, 0.1) is 11.1 Å². The molecule has 0 aliphatic heterocycles. The van der Waals surface area contributed by atoms with Gasteiger partial charge in [0.15, 0.2) is 0 Å². The Morgan fingerprint density at radius 3 is 1.36 bits per heavy atom. The van der Waals surface area contributed by atoms with Crippen molar-refractivity contribution >= 4 is 66.4 Å². The van der Waals surface area contributed by atoms with E-state index in [1.807, 2.05) is 0 Å². The zero-order valence-electron chi connectivity index (χ0n) is 40.0. The summed E-state index contributed by atoms with van der Waals surface area (Å²) >= 11 is 0. The highest BCUT2D eigenvalue weighted by Crippen LogP contribution is 2.67. The number of fused-ring (bicyclic) bond motifs is 17. The maximum absolute atomic E-state index is 2.56. The summed E-state index contributed by atoms with van der Waals surface area (Å²) in [4.78, 5) is 4.98. The van der Waals surface area contributed by atoms with E-state index in [1.165, 1.54) is 127 Å². The Kier molecular flexibility index (Phi) is 9.17. The first-order chi connectivity index (χ1) is 33.7. The van der Waals surface area contributed by atoms with Crippen LogP contribution >= 0.6 is 0 Å². The lowest BCUT2D eigenvalue weighted by Gasteiger charge is -2.34. The molecule has 0 saturated heterocycles. The van der Waals surface area contributed by atoms with Crippen LogP contribution in [0.5, 0.6) is 0 Å². The van der Waals surface area contributed by atoms with Crippen LogP contribution in [-0.2, 0) is 5.41 Å². The number of anilines is 6. The molecule has 0 fully saturated rings. The van der Waals surface area contributed by atoms with Gasteiger partial charge in [-0.15, -0.1) is 0 Å². The van der Waals surface area contributed by atoms with Crippen molar-refractivity contribution in [1.29, 1.82) is 0 Å². The summed E-state index contributed by atoms with van der Waals surface area (Å²) in [5, 5.41) is 7.53. The summed E-state index contributed by atoms with van der Waals surface area (Å²) in [6.07, 6.45) is 0. The fraction of sp³-hybridized carbons (Fsp3) is 0.104. The van der Waals surface area contributed by atoms with Gasteiger partial charge in [-0.3, -0.25) is 0 Å². The molecule has 0 aromatic heterocycles. The highest BCUT2D eigenvalue weighted by molar-refractivity contribution is 6.23. The van der Waals surface area contributed by atoms with Crippen molar-refractivity contribution in [1.82, 2.24) is 0 Å². The topological polar surface area (TPSA) is 6.48 Å². The molecule has 0 bridgehead atoms. The Morgan fingerprint density at radius 1 is 0.290 bits per heavy atom. The largest absolute Gasteiger partial charge is 0.310 e. The van der Waals surface area contributed by atoms with Gasteiger partial charge in [-0.1, -0.05) is 163 Å². The van der Waals surface area contributed by atoms with Crippen LogP contribution in [0.1, 0.15) is 55.6 Å². The minimum absolute atomic E-state index is 0.614. The lowest BCUT2D eigenvalue weighted by molar-refractivity contribution is 0.809. The second-order valence-corrected chi connectivity index (χ2v) is 19.7. The minimum atomic E-state index is -0.614. The molecule has 0 radical (unpaired) electrons. The maximum atomic E-state index is 2.56. The number of hydrogen-bond acceptors (Lipinski definition) is 2. The predicted molar refractivity (Wildman–Crippen MR) is 293 cm³/mol. The molecule has 69 heavy (non-hydrogen) atoms. The summed E-state index contributed by atoms with van der Waals surface area (Å²) in [6, 6.07) is 78.5. The number of benzene rings is 11. The zero-order valence-corrected chi connectivity index (χ0v) is 40.0. The molecule has 2 nitrogen and oxygen atoms in total. The van der Waals surface area contributed by atoms with Crippen LogP contribution in [0.25, 0.3) is 54.6 Å². The van der Waals surface area contributed by atoms with E-state index in [1.54, 1.807) is 0 Å². The molecular formula is C67H52N2. The summed E-state index contributed by atoms with van der Waals surface area (Å²) in [6.45, 7) is 13.2. The van der Waals surface area contributed by atoms with Gasteiger partial charge in [-0.2, -0.15) is 0 Å². The van der Waals surface area contributed by atoms with E-state index >= 15 is 0 Å². The molecule has 1 spiro atoms. The van der Waals surface area contributed by atoms with Crippen LogP contribution in [-0.4, -0.2) is 0 Å². The molecule has 330 valence electrons. The van der Waals surface area contributed by atoms with Crippen LogP contribution in [0.4, 0.5) is 34.1 Å². The number of hydrogen-bond donors (Lipinski definition) is 0. The summed E-state index contributed by atoms with van der Waals surface area (Å²) < 4.78 is 0. The summed E-state index contributed by atoms with van der Waals surface area (Å²) in [5.41, 5.74) is 24.4. The highest BCUT2D eigenvalue weighted by Gasteiger charge is 2.54. The van der Waals surface area contributed by atoms with Crippen LogP contribution in [0.2, 0.25) is 0 Å². The van der Waals surface area contributed by atoms with Crippen molar-refractivity contribution in [2.24, 2.45) is 0 Å². The van der Waals surface area contributed by atoms with E-state index in [9.17, 15) is 0 Å². The number of nitrogens with zero attached hydrogens (tertiary/aromatic N) is 2. The summed E-state index contributed by atoms with van der Waals surface area (Å²) in [7, 11) is 0. The fourth-order valence-corrected chi connectivity index (χ4v) is 12.2. The number of rotatable bonds is 6. The summed E-state index contributed by atoms with van der Waals surface area (Å²) in [5.74, 6) is 0. The van der Waals surface area contributed by atoms with E-state index in [-0.39, 0.29) is 0 Å². The fourth-order valence-electron chi connectivity index (χ4n) is 12.2.